The second kappa shape index (κ2) is 7.91. The highest BCUT2D eigenvalue weighted by Crippen LogP contribution is 2.45. The van der Waals surface area contributed by atoms with Gasteiger partial charge in [-0.2, -0.15) is 4.98 Å². The van der Waals surface area contributed by atoms with Crippen LogP contribution < -0.4 is 0 Å². The first-order chi connectivity index (χ1) is 15.5. The van der Waals surface area contributed by atoms with Crippen LogP contribution in [0.4, 0.5) is 0 Å². The smallest absolute Gasteiger partial charge is 0.332 e. The molecule has 4 aromatic rings. The van der Waals surface area contributed by atoms with Crippen molar-refractivity contribution in [2.45, 2.75) is 38.0 Å². The number of ether oxygens (including phenoxy) is 1. The van der Waals surface area contributed by atoms with Crippen molar-refractivity contribution < 1.29 is 14.1 Å². The molecule has 7 heteroatoms. The van der Waals surface area contributed by atoms with Crippen LogP contribution in [0.3, 0.4) is 0 Å². The summed E-state index contributed by atoms with van der Waals surface area (Å²) in [6.07, 6.45) is 3.41. The van der Waals surface area contributed by atoms with Gasteiger partial charge in [0.05, 0.1) is 0 Å². The van der Waals surface area contributed by atoms with Crippen LogP contribution in [-0.2, 0) is 21.7 Å². The number of aryl methyl sites for hydroxylation is 1. The van der Waals surface area contributed by atoms with Crippen molar-refractivity contribution in [1.29, 1.82) is 0 Å². The van der Waals surface area contributed by atoms with E-state index in [0.29, 0.717) is 30.6 Å². The normalized spacial score (nSPS) is 20.4. The number of hydrogen-bond acceptors (Lipinski definition) is 6. The van der Waals surface area contributed by atoms with Crippen LogP contribution in [0.15, 0.2) is 65.3 Å². The van der Waals surface area contributed by atoms with E-state index in [0.717, 1.165) is 22.0 Å². The van der Waals surface area contributed by atoms with Gasteiger partial charge >= 0.3 is 5.97 Å². The monoisotopic (exact) mass is 430 g/mol. The standard InChI is InChI=1S/C25H26N4O3/c1-17-26-23(32-27-17)20-9-10-22-19(13-20)11-12-29(22)25(14-21(15-25)28(2)3)24(30)31-16-18-7-5-4-6-8-18/h4-13,21H,14-16H2,1-3H3. The van der Waals surface area contributed by atoms with Gasteiger partial charge < -0.3 is 18.7 Å². The Labute approximate surface area is 186 Å². The number of esters is 1. The zero-order chi connectivity index (χ0) is 22.3. The Bertz CT molecular complexity index is 1250. The van der Waals surface area contributed by atoms with Crippen LogP contribution in [0.2, 0.25) is 0 Å². The highest BCUT2D eigenvalue weighted by atomic mass is 16.5. The third kappa shape index (κ3) is 3.48. The summed E-state index contributed by atoms with van der Waals surface area (Å²) >= 11 is 0. The number of benzene rings is 2. The Morgan fingerprint density at radius 3 is 2.66 bits per heavy atom. The van der Waals surface area contributed by atoms with Crippen LogP contribution in [0.5, 0.6) is 0 Å². The Balaban J connectivity index is 1.47. The number of carbonyl (C=O) groups excluding carboxylic acids is 1. The van der Waals surface area contributed by atoms with Crippen molar-refractivity contribution in [3.8, 4) is 11.5 Å². The van der Waals surface area contributed by atoms with E-state index in [4.69, 9.17) is 9.26 Å². The fourth-order valence-corrected chi connectivity index (χ4v) is 4.47. The lowest BCUT2D eigenvalue weighted by Gasteiger charge is -2.49. The molecule has 2 aromatic heterocycles. The van der Waals surface area contributed by atoms with Gasteiger partial charge in [0, 0.05) is 28.7 Å². The largest absolute Gasteiger partial charge is 0.459 e. The number of hydrogen-bond donors (Lipinski definition) is 0. The number of rotatable bonds is 6. The SMILES string of the molecule is Cc1noc(-c2ccc3c(ccn3C3(C(=O)OCc4ccccc4)CC(N(C)C)C3)c2)n1. The molecular weight excluding hydrogens is 404 g/mol. The van der Waals surface area contributed by atoms with Crippen molar-refractivity contribution >= 4 is 16.9 Å². The molecule has 0 atom stereocenters. The summed E-state index contributed by atoms with van der Waals surface area (Å²) in [6.45, 7) is 2.07. The Morgan fingerprint density at radius 2 is 1.97 bits per heavy atom. The minimum absolute atomic E-state index is 0.187. The molecule has 0 saturated heterocycles. The predicted molar refractivity (Wildman–Crippen MR) is 121 cm³/mol. The molecule has 0 radical (unpaired) electrons. The van der Waals surface area contributed by atoms with Crippen LogP contribution in [0.1, 0.15) is 24.2 Å². The maximum absolute atomic E-state index is 13.4. The van der Waals surface area contributed by atoms with Gasteiger partial charge in [0.2, 0.25) is 0 Å². The summed E-state index contributed by atoms with van der Waals surface area (Å²) in [7, 11) is 4.10. The van der Waals surface area contributed by atoms with Gasteiger partial charge in [-0.1, -0.05) is 35.5 Å². The molecule has 7 nitrogen and oxygen atoms in total. The minimum atomic E-state index is -0.714. The molecule has 1 fully saturated rings. The van der Waals surface area contributed by atoms with Gasteiger partial charge in [0.25, 0.3) is 5.89 Å². The highest BCUT2D eigenvalue weighted by Gasteiger charge is 2.54. The maximum atomic E-state index is 13.4. The number of carbonyl (C=O) groups is 1. The van der Waals surface area contributed by atoms with Gasteiger partial charge in [-0.3, -0.25) is 0 Å². The van der Waals surface area contributed by atoms with Gasteiger partial charge in [-0.15, -0.1) is 0 Å². The van der Waals surface area contributed by atoms with Crippen molar-refractivity contribution in [2.75, 3.05) is 14.1 Å². The molecule has 1 saturated carbocycles. The lowest BCUT2D eigenvalue weighted by atomic mass is 9.71. The topological polar surface area (TPSA) is 73.4 Å². The molecule has 1 aliphatic rings. The van der Waals surface area contributed by atoms with Crippen LogP contribution >= 0.6 is 0 Å². The Hall–Kier alpha value is -3.45. The predicted octanol–water partition coefficient (Wildman–Crippen LogP) is 4.16. The average molecular weight is 431 g/mol. The lowest BCUT2D eigenvalue weighted by molar-refractivity contribution is -0.164. The van der Waals surface area contributed by atoms with Gasteiger partial charge in [-0.25, -0.2) is 4.79 Å². The quantitative estimate of drug-likeness (QED) is 0.428. The second-order valence-electron chi connectivity index (χ2n) is 8.73. The first-order valence-corrected chi connectivity index (χ1v) is 10.8. The first kappa shape index (κ1) is 20.5. The van der Waals surface area contributed by atoms with Gasteiger partial charge in [0.15, 0.2) is 5.82 Å². The molecule has 0 spiro atoms. The molecule has 0 N–H and O–H groups in total. The molecule has 0 bridgehead atoms. The van der Waals surface area contributed by atoms with E-state index in [2.05, 4.69) is 33.7 Å². The zero-order valence-corrected chi connectivity index (χ0v) is 18.5. The molecule has 2 aromatic carbocycles. The number of fused-ring (bicyclic) bond motifs is 1. The molecule has 164 valence electrons. The van der Waals surface area contributed by atoms with Gasteiger partial charge in [0.1, 0.15) is 12.1 Å². The summed E-state index contributed by atoms with van der Waals surface area (Å²) in [5.74, 6) is 0.904. The maximum Gasteiger partial charge on any atom is 0.332 e. The van der Waals surface area contributed by atoms with Crippen LogP contribution in [0.25, 0.3) is 22.4 Å². The highest BCUT2D eigenvalue weighted by molar-refractivity contribution is 5.88. The second-order valence-corrected chi connectivity index (χ2v) is 8.73. The van der Waals surface area contributed by atoms with E-state index in [1.54, 1.807) is 6.92 Å². The molecule has 2 heterocycles. The fourth-order valence-electron chi connectivity index (χ4n) is 4.47. The summed E-state index contributed by atoms with van der Waals surface area (Å²) in [5, 5.41) is 4.89. The van der Waals surface area contributed by atoms with Crippen molar-refractivity contribution in [2.24, 2.45) is 0 Å². The number of aromatic nitrogens is 3. The fraction of sp³-hybridized carbons (Fsp3) is 0.320. The zero-order valence-electron chi connectivity index (χ0n) is 18.5. The molecule has 1 aliphatic carbocycles. The summed E-state index contributed by atoms with van der Waals surface area (Å²) in [6, 6.07) is 18.1. The van der Waals surface area contributed by atoms with Gasteiger partial charge in [-0.05, 0) is 63.7 Å². The van der Waals surface area contributed by atoms with Crippen molar-refractivity contribution in [3.63, 3.8) is 0 Å². The van der Waals surface area contributed by atoms with E-state index >= 15 is 0 Å². The molecular formula is C25H26N4O3. The van der Waals surface area contributed by atoms with E-state index in [9.17, 15) is 4.79 Å². The number of nitrogens with zero attached hydrogens (tertiary/aromatic N) is 4. The third-order valence-corrected chi connectivity index (χ3v) is 6.40. The third-order valence-electron chi connectivity index (χ3n) is 6.40. The average Bonchev–Trinajstić information content (AvgIpc) is 3.38. The van der Waals surface area contributed by atoms with Crippen LogP contribution in [-0.4, -0.2) is 45.7 Å². The van der Waals surface area contributed by atoms with E-state index in [-0.39, 0.29) is 12.6 Å². The summed E-state index contributed by atoms with van der Waals surface area (Å²) in [5.41, 5.74) is 2.11. The van der Waals surface area contributed by atoms with E-state index in [1.165, 1.54) is 0 Å². The summed E-state index contributed by atoms with van der Waals surface area (Å²) < 4.78 is 13.2. The van der Waals surface area contributed by atoms with E-state index < -0.39 is 5.54 Å². The molecule has 0 unspecified atom stereocenters. The van der Waals surface area contributed by atoms with Crippen LogP contribution in [0, 0.1) is 6.92 Å². The molecule has 0 amide bonds. The van der Waals surface area contributed by atoms with Crippen molar-refractivity contribution in [3.05, 3.63) is 72.2 Å². The van der Waals surface area contributed by atoms with E-state index in [1.807, 2.05) is 60.8 Å². The first-order valence-electron chi connectivity index (χ1n) is 10.8. The molecule has 32 heavy (non-hydrogen) atoms. The minimum Gasteiger partial charge on any atom is -0.459 e. The molecule has 5 rings (SSSR count). The lowest BCUT2D eigenvalue weighted by Crippen LogP contribution is -2.59. The molecule has 0 aliphatic heterocycles. The Kier molecular flexibility index (Phi) is 5.06. The summed E-state index contributed by atoms with van der Waals surface area (Å²) in [4.78, 5) is 19.9. The van der Waals surface area contributed by atoms with Crippen molar-refractivity contribution in [1.82, 2.24) is 19.6 Å². The Morgan fingerprint density at radius 1 is 1.19 bits per heavy atom.